The Balaban J connectivity index is 2.09. The fourth-order valence-corrected chi connectivity index (χ4v) is 2.58. The number of amidine groups is 2. The molecule has 0 aromatic heterocycles. The molecule has 1 aliphatic heterocycles. The summed E-state index contributed by atoms with van der Waals surface area (Å²) in [5, 5.41) is 0. The molecule has 0 saturated carbocycles. The summed E-state index contributed by atoms with van der Waals surface area (Å²) in [6.07, 6.45) is 0. The fourth-order valence-electron chi connectivity index (χ4n) is 2.06. The molecule has 1 aliphatic rings. The van der Waals surface area contributed by atoms with E-state index < -0.39 is 10.1 Å². The molecular formula is C14H11N3O3S. The molecule has 21 heavy (non-hydrogen) atoms. The number of nitrogens with two attached hydrogens (primary N) is 1. The lowest BCUT2D eigenvalue weighted by molar-refractivity contribution is 0.483. The van der Waals surface area contributed by atoms with E-state index >= 15 is 0 Å². The summed E-state index contributed by atoms with van der Waals surface area (Å²) in [6, 6.07) is 13.1. The predicted octanol–water partition coefficient (Wildman–Crippen LogP) is 1.73. The van der Waals surface area contributed by atoms with Crippen LogP contribution in [0.25, 0.3) is 0 Å². The van der Waals surface area contributed by atoms with Crippen molar-refractivity contribution in [3.05, 3.63) is 59.7 Å². The van der Waals surface area contributed by atoms with E-state index in [2.05, 4.69) is 9.98 Å². The van der Waals surface area contributed by atoms with Gasteiger partial charge < -0.3 is 5.73 Å². The van der Waals surface area contributed by atoms with Crippen LogP contribution in [0.1, 0.15) is 11.1 Å². The first-order valence-electron chi connectivity index (χ1n) is 6.05. The van der Waals surface area contributed by atoms with E-state index in [0.29, 0.717) is 17.4 Å². The van der Waals surface area contributed by atoms with Crippen LogP contribution in [-0.4, -0.2) is 24.6 Å². The minimum absolute atomic E-state index is 0.215. The number of nitrogens with zero attached hydrogens (tertiary/aromatic N) is 2. The Hall–Kier alpha value is -2.51. The van der Waals surface area contributed by atoms with Crippen molar-refractivity contribution in [2.45, 2.75) is 4.90 Å². The highest BCUT2D eigenvalue weighted by atomic mass is 32.2. The van der Waals surface area contributed by atoms with Gasteiger partial charge in [-0.15, -0.1) is 0 Å². The summed E-state index contributed by atoms with van der Waals surface area (Å²) in [4.78, 5) is 8.26. The molecule has 0 atom stereocenters. The van der Waals surface area contributed by atoms with E-state index in [-0.39, 0.29) is 4.90 Å². The third-order valence-corrected chi connectivity index (χ3v) is 3.87. The van der Waals surface area contributed by atoms with Gasteiger partial charge in [-0.1, -0.05) is 30.3 Å². The molecule has 2 aromatic carbocycles. The minimum Gasteiger partial charge on any atom is -0.383 e. The van der Waals surface area contributed by atoms with Crippen molar-refractivity contribution < 1.29 is 13.0 Å². The zero-order chi connectivity index (χ0) is 15.0. The fraction of sp³-hybridized carbons (Fsp3) is 0. The van der Waals surface area contributed by atoms with Gasteiger partial charge in [0.25, 0.3) is 10.1 Å². The number of fused-ring (bicyclic) bond motifs is 1. The molecule has 6 nitrogen and oxygen atoms in total. The quantitative estimate of drug-likeness (QED) is 0.824. The second-order valence-electron chi connectivity index (χ2n) is 4.45. The standard InChI is InChI=1S/C14H11N3O3S/c15-13-11-6-1-2-7-12(11)14(17-13)16-9-4-3-5-10(8-9)21(18,19)20/h1-8H,(H2,15,16,17)(H,18,19,20). The molecule has 0 fully saturated rings. The molecule has 7 heteroatoms. The second kappa shape index (κ2) is 4.80. The van der Waals surface area contributed by atoms with E-state index in [0.717, 1.165) is 11.1 Å². The van der Waals surface area contributed by atoms with Gasteiger partial charge in [-0.2, -0.15) is 8.42 Å². The van der Waals surface area contributed by atoms with Crippen LogP contribution in [0.2, 0.25) is 0 Å². The van der Waals surface area contributed by atoms with E-state index in [1.165, 1.54) is 18.2 Å². The molecule has 0 bridgehead atoms. The summed E-state index contributed by atoms with van der Waals surface area (Å²) in [5.41, 5.74) is 7.77. The molecule has 0 amide bonds. The third kappa shape index (κ3) is 2.56. The Morgan fingerprint density at radius 3 is 2.48 bits per heavy atom. The first-order chi connectivity index (χ1) is 9.95. The minimum atomic E-state index is -4.26. The predicted molar refractivity (Wildman–Crippen MR) is 79.6 cm³/mol. The summed E-state index contributed by atoms with van der Waals surface area (Å²) < 4.78 is 31.3. The highest BCUT2D eigenvalue weighted by Crippen LogP contribution is 2.23. The lowest BCUT2D eigenvalue weighted by atomic mass is 10.1. The molecule has 0 saturated heterocycles. The summed E-state index contributed by atoms with van der Waals surface area (Å²) >= 11 is 0. The summed E-state index contributed by atoms with van der Waals surface area (Å²) in [7, 11) is -4.26. The molecule has 3 N–H and O–H groups in total. The SMILES string of the molecule is NC1=NC(=Nc2cccc(S(=O)(=O)O)c2)c2ccccc21. The van der Waals surface area contributed by atoms with Gasteiger partial charge in [0.1, 0.15) is 5.84 Å². The van der Waals surface area contributed by atoms with Crippen molar-refractivity contribution in [2.24, 2.45) is 15.7 Å². The average molecular weight is 301 g/mol. The van der Waals surface area contributed by atoms with Gasteiger partial charge >= 0.3 is 0 Å². The zero-order valence-electron chi connectivity index (χ0n) is 10.8. The number of hydrogen-bond donors (Lipinski definition) is 2. The molecule has 0 spiro atoms. The van der Waals surface area contributed by atoms with Crippen LogP contribution in [0.3, 0.4) is 0 Å². The Morgan fingerprint density at radius 2 is 1.76 bits per heavy atom. The number of benzene rings is 2. The largest absolute Gasteiger partial charge is 0.383 e. The van der Waals surface area contributed by atoms with E-state index in [4.69, 9.17) is 10.3 Å². The smallest absolute Gasteiger partial charge is 0.294 e. The summed E-state index contributed by atoms with van der Waals surface area (Å²) in [5.74, 6) is 0.783. The number of aliphatic imine (C=N–C) groups is 2. The first kappa shape index (κ1) is 13.5. The molecule has 3 rings (SSSR count). The average Bonchev–Trinajstić information content (AvgIpc) is 2.76. The highest BCUT2D eigenvalue weighted by molar-refractivity contribution is 7.85. The van der Waals surface area contributed by atoms with Crippen molar-refractivity contribution in [1.29, 1.82) is 0 Å². The van der Waals surface area contributed by atoms with Crippen molar-refractivity contribution in [1.82, 2.24) is 0 Å². The van der Waals surface area contributed by atoms with Gasteiger partial charge in [0.05, 0.1) is 10.6 Å². The van der Waals surface area contributed by atoms with Crippen LogP contribution in [0.4, 0.5) is 5.69 Å². The monoisotopic (exact) mass is 301 g/mol. The van der Waals surface area contributed by atoms with Crippen LogP contribution in [0.15, 0.2) is 63.4 Å². The van der Waals surface area contributed by atoms with Crippen molar-refractivity contribution in [3.63, 3.8) is 0 Å². The molecule has 106 valence electrons. The van der Waals surface area contributed by atoms with Gasteiger partial charge in [0.15, 0.2) is 5.84 Å². The zero-order valence-corrected chi connectivity index (χ0v) is 11.6. The molecule has 1 heterocycles. The van der Waals surface area contributed by atoms with E-state index in [9.17, 15) is 8.42 Å². The maximum atomic E-state index is 11.1. The number of hydrogen-bond acceptors (Lipinski definition) is 4. The number of rotatable bonds is 2. The van der Waals surface area contributed by atoms with Gasteiger partial charge in [0, 0.05) is 11.1 Å². The van der Waals surface area contributed by atoms with Crippen LogP contribution in [0, 0.1) is 0 Å². The molecular weight excluding hydrogens is 290 g/mol. The Labute approximate surface area is 121 Å². The van der Waals surface area contributed by atoms with Gasteiger partial charge in [-0.25, -0.2) is 9.98 Å². The van der Waals surface area contributed by atoms with Crippen molar-refractivity contribution >= 4 is 27.5 Å². The molecule has 2 aromatic rings. The van der Waals surface area contributed by atoms with Crippen molar-refractivity contribution in [2.75, 3.05) is 0 Å². The third-order valence-electron chi connectivity index (χ3n) is 3.02. The Kier molecular flexibility index (Phi) is 3.08. The first-order valence-corrected chi connectivity index (χ1v) is 7.49. The van der Waals surface area contributed by atoms with Crippen LogP contribution in [-0.2, 0) is 10.1 Å². The molecule has 0 unspecified atom stereocenters. The maximum Gasteiger partial charge on any atom is 0.294 e. The molecule has 0 aliphatic carbocycles. The van der Waals surface area contributed by atoms with Gasteiger partial charge in [0.2, 0.25) is 0 Å². The van der Waals surface area contributed by atoms with Crippen molar-refractivity contribution in [3.8, 4) is 0 Å². The van der Waals surface area contributed by atoms with E-state index in [1.807, 2.05) is 24.3 Å². The van der Waals surface area contributed by atoms with E-state index in [1.54, 1.807) is 6.07 Å². The Morgan fingerprint density at radius 1 is 1.05 bits per heavy atom. The normalized spacial score (nSPS) is 15.9. The second-order valence-corrected chi connectivity index (χ2v) is 5.87. The van der Waals surface area contributed by atoms with Crippen LogP contribution in [0.5, 0.6) is 0 Å². The lowest BCUT2D eigenvalue weighted by Gasteiger charge is -2.01. The highest BCUT2D eigenvalue weighted by Gasteiger charge is 2.19. The van der Waals surface area contributed by atoms with Crippen LogP contribution < -0.4 is 5.73 Å². The Bertz CT molecular complexity index is 886. The lowest BCUT2D eigenvalue weighted by Crippen LogP contribution is -2.09. The van der Waals surface area contributed by atoms with Gasteiger partial charge in [-0.3, -0.25) is 4.55 Å². The van der Waals surface area contributed by atoms with Crippen LogP contribution >= 0.6 is 0 Å². The maximum absolute atomic E-state index is 11.1. The molecule has 0 radical (unpaired) electrons. The summed E-state index contributed by atoms with van der Waals surface area (Å²) in [6.45, 7) is 0. The topological polar surface area (TPSA) is 105 Å². The van der Waals surface area contributed by atoms with Gasteiger partial charge in [-0.05, 0) is 18.2 Å².